The van der Waals surface area contributed by atoms with E-state index >= 15 is 0 Å². The van der Waals surface area contributed by atoms with Crippen molar-refractivity contribution in [3.63, 3.8) is 0 Å². The maximum absolute atomic E-state index is 11.4. The normalized spacial score (nSPS) is 22.6. The lowest BCUT2D eigenvalue weighted by Gasteiger charge is -2.31. The molecule has 2 unspecified atom stereocenters. The molecule has 1 aliphatic rings. The lowest BCUT2D eigenvalue weighted by molar-refractivity contribution is -0.121. The Kier molecular flexibility index (Phi) is 4.86. The van der Waals surface area contributed by atoms with Gasteiger partial charge in [0.05, 0.1) is 6.04 Å². The van der Waals surface area contributed by atoms with Gasteiger partial charge in [0, 0.05) is 12.8 Å². The molecule has 0 aromatic rings. The first-order valence-electron chi connectivity index (χ1n) is 6.03. The Morgan fingerprint density at radius 2 is 2.18 bits per heavy atom. The summed E-state index contributed by atoms with van der Waals surface area (Å²) in [4.78, 5) is 16.1. The van der Waals surface area contributed by atoms with Crippen molar-refractivity contribution in [1.29, 1.82) is 0 Å². The molecule has 0 saturated heterocycles. The molecule has 1 amide bonds. The largest absolute Gasteiger partial charge is 0.357 e. The molecule has 0 aliphatic carbocycles. The van der Waals surface area contributed by atoms with Gasteiger partial charge in [-0.3, -0.25) is 9.79 Å². The molecule has 2 atom stereocenters. The maximum atomic E-state index is 11.4. The van der Waals surface area contributed by atoms with Crippen molar-refractivity contribution in [3.05, 3.63) is 0 Å². The molecule has 1 aliphatic heterocycles. The van der Waals surface area contributed by atoms with Crippen LogP contribution in [0.15, 0.2) is 4.99 Å². The minimum absolute atomic E-state index is 0.00816. The number of hydrogen-bond donors (Lipinski definition) is 2. The van der Waals surface area contributed by atoms with Crippen molar-refractivity contribution in [2.75, 3.05) is 12.8 Å². The van der Waals surface area contributed by atoms with Crippen LogP contribution in [0.1, 0.15) is 34.1 Å². The third-order valence-electron chi connectivity index (χ3n) is 2.88. The van der Waals surface area contributed by atoms with E-state index in [1.807, 2.05) is 6.92 Å². The lowest BCUT2D eigenvalue weighted by Crippen LogP contribution is -2.44. The Labute approximate surface area is 108 Å². The third kappa shape index (κ3) is 4.22. The average Bonchev–Trinajstić information content (AvgIpc) is 2.27. The second-order valence-electron chi connectivity index (χ2n) is 5.43. The smallest absolute Gasteiger partial charge is 0.242 e. The van der Waals surface area contributed by atoms with Crippen molar-refractivity contribution in [2.24, 2.45) is 10.4 Å². The second-order valence-corrected chi connectivity index (χ2v) is 6.52. The van der Waals surface area contributed by atoms with Crippen LogP contribution in [0.2, 0.25) is 0 Å². The fourth-order valence-electron chi connectivity index (χ4n) is 1.68. The molecule has 0 aromatic heterocycles. The second kappa shape index (κ2) is 5.76. The Balaban J connectivity index is 2.65. The van der Waals surface area contributed by atoms with Gasteiger partial charge in [0.2, 0.25) is 5.91 Å². The van der Waals surface area contributed by atoms with Gasteiger partial charge in [0.15, 0.2) is 5.17 Å². The van der Waals surface area contributed by atoms with E-state index < -0.39 is 0 Å². The first-order valence-corrected chi connectivity index (χ1v) is 7.02. The SMILES string of the molecule is CNC(=O)C(C)NC1=NC(C(C)(C)C)CCS1. The topological polar surface area (TPSA) is 53.5 Å². The maximum Gasteiger partial charge on any atom is 0.242 e. The number of amidine groups is 1. The molecule has 0 saturated carbocycles. The van der Waals surface area contributed by atoms with E-state index in [1.54, 1.807) is 18.8 Å². The van der Waals surface area contributed by atoms with Crippen LogP contribution < -0.4 is 10.6 Å². The number of nitrogens with zero attached hydrogens (tertiary/aromatic N) is 1. The number of aliphatic imine (C=N–C) groups is 1. The average molecular weight is 257 g/mol. The molecule has 2 N–H and O–H groups in total. The first kappa shape index (κ1) is 14.4. The highest BCUT2D eigenvalue weighted by atomic mass is 32.2. The standard InChI is InChI=1S/C12H23N3OS/c1-8(10(16)13-5)14-11-15-9(6-7-17-11)12(2,3)4/h8-9H,6-7H2,1-5H3,(H,13,16)(H,14,15). The van der Waals surface area contributed by atoms with Crippen LogP contribution in [-0.2, 0) is 4.79 Å². The predicted octanol–water partition coefficient (Wildman–Crippen LogP) is 1.62. The van der Waals surface area contributed by atoms with Gasteiger partial charge in [-0.2, -0.15) is 0 Å². The minimum atomic E-state index is -0.232. The number of thioether (sulfide) groups is 1. The molecule has 98 valence electrons. The van der Waals surface area contributed by atoms with E-state index in [1.165, 1.54) is 0 Å². The number of rotatable bonds is 2. The number of hydrogen-bond acceptors (Lipinski definition) is 4. The van der Waals surface area contributed by atoms with E-state index in [0.29, 0.717) is 6.04 Å². The molecule has 0 fully saturated rings. The third-order valence-corrected chi connectivity index (χ3v) is 3.82. The highest BCUT2D eigenvalue weighted by Gasteiger charge is 2.28. The molecule has 1 heterocycles. The number of nitrogens with one attached hydrogen (secondary N) is 2. The van der Waals surface area contributed by atoms with Crippen molar-refractivity contribution >= 4 is 22.8 Å². The summed E-state index contributed by atoms with van der Waals surface area (Å²) >= 11 is 1.70. The van der Waals surface area contributed by atoms with Crippen molar-refractivity contribution in [2.45, 2.75) is 46.2 Å². The predicted molar refractivity (Wildman–Crippen MR) is 74.4 cm³/mol. The van der Waals surface area contributed by atoms with E-state index in [-0.39, 0.29) is 17.4 Å². The zero-order valence-corrected chi connectivity index (χ0v) is 12.1. The Bertz CT molecular complexity index is 309. The highest BCUT2D eigenvalue weighted by Crippen LogP contribution is 2.30. The molecule has 0 spiro atoms. The van der Waals surface area contributed by atoms with Gasteiger partial charge >= 0.3 is 0 Å². The van der Waals surface area contributed by atoms with Gasteiger partial charge in [-0.1, -0.05) is 32.5 Å². The quantitative estimate of drug-likeness (QED) is 0.790. The molecule has 0 bridgehead atoms. The van der Waals surface area contributed by atoms with Crippen LogP contribution in [0.5, 0.6) is 0 Å². The number of carbonyl (C=O) groups is 1. The van der Waals surface area contributed by atoms with E-state index in [0.717, 1.165) is 17.3 Å². The number of amides is 1. The minimum Gasteiger partial charge on any atom is -0.357 e. The summed E-state index contributed by atoms with van der Waals surface area (Å²) in [6.07, 6.45) is 1.10. The van der Waals surface area contributed by atoms with E-state index in [2.05, 4.69) is 31.4 Å². The van der Waals surface area contributed by atoms with Crippen LogP contribution >= 0.6 is 11.8 Å². The molecule has 1 rings (SSSR count). The van der Waals surface area contributed by atoms with E-state index in [4.69, 9.17) is 4.99 Å². The van der Waals surface area contributed by atoms with Crippen molar-refractivity contribution in [1.82, 2.24) is 10.6 Å². The summed E-state index contributed by atoms with van der Waals surface area (Å²) in [6, 6.07) is 0.105. The van der Waals surface area contributed by atoms with Gasteiger partial charge in [0.1, 0.15) is 6.04 Å². The Hall–Kier alpha value is -0.710. The van der Waals surface area contributed by atoms with Gasteiger partial charge in [0.25, 0.3) is 0 Å². The summed E-state index contributed by atoms with van der Waals surface area (Å²) in [5.74, 6) is 1.06. The zero-order valence-electron chi connectivity index (χ0n) is 11.3. The zero-order chi connectivity index (χ0) is 13.1. The Morgan fingerprint density at radius 3 is 2.71 bits per heavy atom. The lowest BCUT2D eigenvalue weighted by atomic mass is 9.85. The highest BCUT2D eigenvalue weighted by molar-refractivity contribution is 8.13. The molecule has 0 radical (unpaired) electrons. The van der Waals surface area contributed by atoms with Crippen molar-refractivity contribution in [3.8, 4) is 0 Å². The Morgan fingerprint density at radius 1 is 1.53 bits per heavy atom. The molecular weight excluding hydrogens is 234 g/mol. The van der Waals surface area contributed by atoms with Crippen LogP contribution in [0.25, 0.3) is 0 Å². The summed E-state index contributed by atoms with van der Waals surface area (Å²) in [7, 11) is 1.65. The fraction of sp³-hybridized carbons (Fsp3) is 0.833. The van der Waals surface area contributed by atoms with Crippen LogP contribution in [0.3, 0.4) is 0 Å². The van der Waals surface area contributed by atoms with E-state index in [9.17, 15) is 4.79 Å². The molecule has 0 aromatic carbocycles. The molecule has 5 heteroatoms. The van der Waals surface area contributed by atoms with Crippen LogP contribution in [-0.4, -0.2) is 36.0 Å². The summed E-state index contributed by atoms with van der Waals surface area (Å²) in [6.45, 7) is 8.47. The first-order chi connectivity index (χ1) is 7.84. The van der Waals surface area contributed by atoms with Crippen molar-refractivity contribution < 1.29 is 4.79 Å². The monoisotopic (exact) mass is 257 g/mol. The molecule has 4 nitrogen and oxygen atoms in total. The fourth-order valence-corrected chi connectivity index (χ4v) is 2.68. The summed E-state index contributed by atoms with van der Waals surface area (Å²) in [5.41, 5.74) is 0.185. The number of likely N-dealkylation sites (N-methyl/N-ethyl adjacent to an activating group) is 1. The molecular formula is C12H23N3OS. The van der Waals surface area contributed by atoms with Gasteiger partial charge in [-0.05, 0) is 18.8 Å². The summed E-state index contributed by atoms with van der Waals surface area (Å²) in [5, 5.41) is 6.70. The van der Waals surface area contributed by atoms with Gasteiger partial charge in [-0.15, -0.1) is 0 Å². The molecule has 17 heavy (non-hydrogen) atoms. The van der Waals surface area contributed by atoms with Crippen LogP contribution in [0.4, 0.5) is 0 Å². The number of carbonyl (C=O) groups excluding carboxylic acids is 1. The van der Waals surface area contributed by atoms with Crippen LogP contribution in [0, 0.1) is 5.41 Å². The van der Waals surface area contributed by atoms with Gasteiger partial charge < -0.3 is 10.6 Å². The van der Waals surface area contributed by atoms with Gasteiger partial charge in [-0.25, -0.2) is 0 Å². The summed E-state index contributed by atoms with van der Waals surface area (Å²) < 4.78 is 0.